The lowest BCUT2D eigenvalue weighted by molar-refractivity contribution is -0.122. The van der Waals surface area contributed by atoms with E-state index in [1.807, 2.05) is 29.6 Å². The Bertz CT molecular complexity index is 997. The summed E-state index contributed by atoms with van der Waals surface area (Å²) in [5.41, 5.74) is 0.783. The smallest absolute Gasteiger partial charge is 0.229 e. The maximum atomic E-state index is 13.4. The highest BCUT2D eigenvalue weighted by Crippen LogP contribution is 2.28. The van der Waals surface area contributed by atoms with Crippen molar-refractivity contribution in [3.8, 4) is 0 Å². The quantitative estimate of drug-likeness (QED) is 0.750. The highest BCUT2D eigenvalue weighted by Gasteiger charge is 2.35. The van der Waals surface area contributed by atoms with Gasteiger partial charge in [-0.2, -0.15) is 0 Å². The summed E-state index contributed by atoms with van der Waals surface area (Å²) in [5.74, 6) is -2.71. The van der Waals surface area contributed by atoms with E-state index in [2.05, 4.69) is 5.32 Å². The number of rotatable bonds is 3. The van der Waals surface area contributed by atoms with Crippen LogP contribution in [0.25, 0.3) is 10.1 Å². The van der Waals surface area contributed by atoms with E-state index in [4.69, 9.17) is 0 Å². The molecular weight excluding hydrogens is 358 g/mol. The molecule has 0 saturated carbocycles. The summed E-state index contributed by atoms with van der Waals surface area (Å²) < 4.78 is 27.9. The van der Waals surface area contributed by atoms with Crippen LogP contribution < -0.4 is 10.2 Å². The van der Waals surface area contributed by atoms with Gasteiger partial charge in [0.25, 0.3) is 0 Å². The van der Waals surface area contributed by atoms with Gasteiger partial charge >= 0.3 is 0 Å². The number of thiophene rings is 1. The third kappa shape index (κ3) is 3.17. The predicted molar refractivity (Wildman–Crippen MR) is 97.3 cm³/mol. The van der Waals surface area contributed by atoms with Crippen LogP contribution in [-0.2, 0) is 9.59 Å². The molecular formula is C19H14F2N2O2S. The number of carbonyl (C=O) groups is 2. The highest BCUT2D eigenvalue weighted by molar-refractivity contribution is 7.17. The number of carbonyl (C=O) groups excluding carboxylic acids is 2. The molecule has 2 amide bonds. The van der Waals surface area contributed by atoms with Crippen molar-refractivity contribution in [2.45, 2.75) is 6.42 Å². The maximum absolute atomic E-state index is 13.4. The SMILES string of the molecule is O=C(Nc1ccc2sccc2c1)C1CC(=O)N(c2cc(F)cc(F)c2)C1. The Morgan fingerprint density at radius 1 is 1.12 bits per heavy atom. The molecule has 0 radical (unpaired) electrons. The molecule has 4 rings (SSSR count). The van der Waals surface area contributed by atoms with Crippen LogP contribution in [-0.4, -0.2) is 18.4 Å². The molecule has 2 heterocycles. The van der Waals surface area contributed by atoms with Crippen LogP contribution in [0.1, 0.15) is 6.42 Å². The van der Waals surface area contributed by atoms with E-state index >= 15 is 0 Å². The van der Waals surface area contributed by atoms with Gasteiger partial charge in [0.2, 0.25) is 11.8 Å². The van der Waals surface area contributed by atoms with E-state index in [0.29, 0.717) is 5.69 Å². The lowest BCUT2D eigenvalue weighted by Gasteiger charge is -2.17. The third-order valence-electron chi connectivity index (χ3n) is 4.37. The van der Waals surface area contributed by atoms with Crippen molar-refractivity contribution in [3.63, 3.8) is 0 Å². The van der Waals surface area contributed by atoms with Gasteiger partial charge < -0.3 is 10.2 Å². The first kappa shape index (κ1) is 16.7. The largest absolute Gasteiger partial charge is 0.326 e. The molecule has 1 aliphatic heterocycles. The van der Waals surface area contributed by atoms with Crippen molar-refractivity contribution in [1.29, 1.82) is 0 Å². The molecule has 132 valence electrons. The summed E-state index contributed by atoms with van der Waals surface area (Å²) in [4.78, 5) is 26.0. The molecule has 2 aromatic carbocycles. The number of benzene rings is 2. The first-order valence-electron chi connectivity index (χ1n) is 8.04. The molecule has 1 aromatic heterocycles. The van der Waals surface area contributed by atoms with E-state index in [-0.39, 0.29) is 30.5 Å². The molecule has 1 aliphatic rings. The van der Waals surface area contributed by atoms with E-state index in [0.717, 1.165) is 28.3 Å². The first-order chi connectivity index (χ1) is 12.5. The van der Waals surface area contributed by atoms with Gasteiger partial charge in [-0.25, -0.2) is 8.78 Å². The Kier molecular flexibility index (Phi) is 4.16. The molecule has 3 aromatic rings. The fourth-order valence-corrected chi connectivity index (χ4v) is 3.89. The van der Waals surface area contributed by atoms with E-state index in [1.54, 1.807) is 11.3 Å². The van der Waals surface area contributed by atoms with Gasteiger partial charge in [0, 0.05) is 35.1 Å². The van der Waals surface area contributed by atoms with E-state index in [9.17, 15) is 18.4 Å². The highest BCUT2D eigenvalue weighted by atomic mass is 32.1. The minimum Gasteiger partial charge on any atom is -0.326 e. The number of hydrogen-bond acceptors (Lipinski definition) is 3. The van der Waals surface area contributed by atoms with E-state index < -0.39 is 17.6 Å². The maximum Gasteiger partial charge on any atom is 0.229 e. The molecule has 0 aliphatic carbocycles. The molecule has 0 bridgehead atoms. The standard InChI is InChI=1S/C19H14F2N2O2S/c20-13-7-14(21)9-16(8-13)23-10-12(6-18(23)24)19(25)22-15-1-2-17-11(5-15)3-4-26-17/h1-5,7-9,12H,6,10H2,(H,22,25). The fraction of sp³-hybridized carbons (Fsp3) is 0.158. The molecule has 1 fully saturated rings. The number of anilines is 2. The average molecular weight is 372 g/mol. The molecule has 4 nitrogen and oxygen atoms in total. The van der Waals surface area contributed by atoms with Gasteiger partial charge in [0.15, 0.2) is 0 Å². The summed E-state index contributed by atoms with van der Waals surface area (Å²) in [6.07, 6.45) is 0.00462. The van der Waals surface area contributed by atoms with Gasteiger partial charge in [-0.3, -0.25) is 9.59 Å². The van der Waals surface area contributed by atoms with Gasteiger partial charge in [-0.05, 0) is 47.2 Å². The molecule has 1 atom stereocenters. The van der Waals surface area contributed by atoms with Crippen LogP contribution in [0.3, 0.4) is 0 Å². The number of halogens is 2. The van der Waals surface area contributed by atoms with Crippen LogP contribution in [0.15, 0.2) is 47.8 Å². The lowest BCUT2D eigenvalue weighted by Crippen LogP contribution is -2.28. The topological polar surface area (TPSA) is 49.4 Å². The van der Waals surface area contributed by atoms with Crippen LogP contribution >= 0.6 is 11.3 Å². The minimum absolute atomic E-state index is 0.00462. The summed E-state index contributed by atoms with van der Waals surface area (Å²) >= 11 is 1.62. The molecule has 26 heavy (non-hydrogen) atoms. The molecule has 7 heteroatoms. The zero-order valence-corrected chi connectivity index (χ0v) is 14.4. The Hall–Kier alpha value is -2.80. The molecule has 0 spiro atoms. The van der Waals surface area contributed by atoms with Crippen LogP contribution in [0.5, 0.6) is 0 Å². The zero-order valence-electron chi connectivity index (χ0n) is 13.5. The Labute approximate surface area is 152 Å². The number of hydrogen-bond donors (Lipinski definition) is 1. The molecule has 1 saturated heterocycles. The summed E-state index contributed by atoms with van der Waals surface area (Å²) in [5, 5.41) is 5.83. The Morgan fingerprint density at radius 2 is 1.88 bits per heavy atom. The zero-order chi connectivity index (χ0) is 18.3. The van der Waals surface area contributed by atoms with Gasteiger partial charge in [0.1, 0.15) is 11.6 Å². The van der Waals surface area contributed by atoms with Crippen molar-refractivity contribution in [3.05, 3.63) is 59.5 Å². The van der Waals surface area contributed by atoms with Gasteiger partial charge in [-0.1, -0.05) is 0 Å². The fourth-order valence-electron chi connectivity index (χ4n) is 3.12. The lowest BCUT2D eigenvalue weighted by atomic mass is 10.1. The van der Waals surface area contributed by atoms with Gasteiger partial charge in [-0.15, -0.1) is 11.3 Å². The Morgan fingerprint density at radius 3 is 2.65 bits per heavy atom. The number of fused-ring (bicyclic) bond motifs is 1. The van der Waals surface area contributed by atoms with Crippen molar-refractivity contribution in [2.24, 2.45) is 5.92 Å². The van der Waals surface area contributed by atoms with Crippen LogP contribution in [0, 0.1) is 17.6 Å². The normalized spacial score (nSPS) is 17.1. The second-order valence-corrected chi connectivity index (χ2v) is 7.14. The van der Waals surface area contributed by atoms with E-state index in [1.165, 1.54) is 4.90 Å². The summed E-state index contributed by atoms with van der Waals surface area (Å²) in [6, 6.07) is 10.5. The van der Waals surface area contributed by atoms with Crippen LogP contribution in [0.2, 0.25) is 0 Å². The van der Waals surface area contributed by atoms with Crippen LogP contribution in [0.4, 0.5) is 20.2 Å². The number of nitrogens with zero attached hydrogens (tertiary/aromatic N) is 1. The summed E-state index contributed by atoms with van der Waals surface area (Å²) in [6.45, 7) is 0.0915. The first-order valence-corrected chi connectivity index (χ1v) is 8.92. The van der Waals surface area contributed by atoms with Crippen molar-refractivity contribution in [2.75, 3.05) is 16.8 Å². The monoisotopic (exact) mass is 372 g/mol. The number of nitrogens with one attached hydrogen (secondary N) is 1. The number of amides is 2. The molecule has 1 unspecified atom stereocenters. The summed E-state index contributed by atoms with van der Waals surface area (Å²) in [7, 11) is 0. The predicted octanol–water partition coefficient (Wildman–Crippen LogP) is 4.17. The minimum atomic E-state index is -0.759. The second-order valence-electron chi connectivity index (χ2n) is 6.20. The average Bonchev–Trinajstić information content (AvgIpc) is 3.19. The van der Waals surface area contributed by atoms with Gasteiger partial charge in [0.05, 0.1) is 5.92 Å². The van der Waals surface area contributed by atoms with Crippen molar-refractivity contribution >= 4 is 44.6 Å². The molecule has 1 N–H and O–H groups in total. The Balaban J connectivity index is 1.49. The second kappa shape index (κ2) is 6.49. The van der Waals surface area contributed by atoms with Crippen molar-refractivity contribution in [1.82, 2.24) is 0 Å². The third-order valence-corrected chi connectivity index (χ3v) is 5.27. The van der Waals surface area contributed by atoms with Crippen molar-refractivity contribution < 1.29 is 18.4 Å².